The van der Waals surface area contributed by atoms with Gasteiger partial charge in [0, 0.05) is 41.3 Å². The van der Waals surface area contributed by atoms with Crippen LogP contribution < -0.4 is 0 Å². The standard InChI is InChI=1S/C10H22ClN5O2P2/c1-7-16(8-2)20-14(5)9(17)12(3)19(20,11)13(4)10(18)15(20)6/h7-8H2,1-6H3. The number of amides is 4. The van der Waals surface area contributed by atoms with Gasteiger partial charge in [-0.2, -0.15) is 0 Å². The number of hydrogen-bond donors (Lipinski definition) is 0. The van der Waals surface area contributed by atoms with Gasteiger partial charge < -0.3 is 0 Å². The normalized spacial score (nSPS) is 33.8. The Morgan fingerprint density at radius 1 is 0.900 bits per heavy atom. The first-order valence-corrected chi connectivity index (χ1v) is 11.5. The van der Waals surface area contributed by atoms with Crippen molar-refractivity contribution in [1.82, 2.24) is 23.4 Å². The van der Waals surface area contributed by atoms with Crippen LogP contribution in [0.25, 0.3) is 0 Å². The third kappa shape index (κ3) is 1.42. The minimum absolute atomic E-state index is 0.111. The lowest BCUT2D eigenvalue weighted by Crippen LogP contribution is -2.42. The Bertz CT molecular complexity index is 514. The molecule has 10 heteroatoms. The van der Waals surface area contributed by atoms with Crippen molar-refractivity contribution in [2.75, 3.05) is 41.3 Å². The number of carbonyl (C=O) groups excluding carboxylic acids is 2. The third-order valence-corrected chi connectivity index (χ3v) is 19.2. The molecular weight excluding hydrogens is 320 g/mol. The predicted octanol–water partition coefficient (Wildman–Crippen LogP) is 3.00. The van der Waals surface area contributed by atoms with Crippen molar-refractivity contribution >= 4 is 36.5 Å². The van der Waals surface area contributed by atoms with E-state index in [9.17, 15) is 9.59 Å². The molecule has 0 atom stereocenters. The summed E-state index contributed by atoms with van der Waals surface area (Å²) in [4.78, 5) is 25.0. The van der Waals surface area contributed by atoms with Crippen molar-refractivity contribution in [3.05, 3.63) is 0 Å². The van der Waals surface area contributed by atoms with Crippen molar-refractivity contribution in [3.8, 4) is 0 Å². The molecule has 0 aliphatic carbocycles. The number of nitrogens with zero attached hydrogens (tertiary/aromatic N) is 5. The van der Waals surface area contributed by atoms with E-state index in [1.165, 1.54) is 0 Å². The van der Waals surface area contributed by atoms with Crippen LogP contribution in [0.15, 0.2) is 0 Å². The van der Waals surface area contributed by atoms with Gasteiger partial charge in [-0.3, -0.25) is 18.7 Å². The molecule has 0 saturated carbocycles. The second-order valence-corrected chi connectivity index (χ2v) is 15.3. The molecule has 2 rings (SSSR count). The van der Waals surface area contributed by atoms with Gasteiger partial charge in [-0.25, -0.2) is 14.3 Å². The van der Waals surface area contributed by atoms with Crippen LogP contribution in [-0.2, 0) is 0 Å². The minimum atomic E-state index is -2.58. The number of carbonyl (C=O) groups is 2. The van der Waals surface area contributed by atoms with E-state index >= 15 is 0 Å². The van der Waals surface area contributed by atoms with Crippen LogP contribution >= 0.6 is 24.4 Å². The van der Waals surface area contributed by atoms with E-state index < -0.39 is 13.2 Å². The second-order valence-electron chi connectivity index (χ2n) is 4.83. The molecule has 0 N–H and O–H groups in total. The van der Waals surface area contributed by atoms with Crippen molar-refractivity contribution in [3.63, 3.8) is 0 Å². The number of halogens is 1. The van der Waals surface area contributed by atoms with E-state index in [0.29, 0.717) is 0 Å². The van der Waals surface area contributed by atoms with E-state index in [1.807, 2.05) is 13.8 Å². The molecule has 0 aromatic carbocycles. The van der Waals surface area contributed by atoms with E-state index in [1.54, 1.807) is 46.9 Å². The number of hydrogen-bond acceptors (Lipinski definition) is 3. The number of urea groups is 2. The van der Waals surface area contributed by atoms with Crippen molar-refractivity contribution < 1.29 is 9.59 Å². The first-order chi connectivity index (χ1) is 9.22. The maximum atomic E-state index is 12.5. The zero-order valence-electron chi connectivity index (χ0n) is 12.7. The summed E-state index contributed by atoms with van der Waals surface area (Å²) in [6.45, 7) is 5.56. The molecule has 0 unspecified atom stereocenters. The molecule has 4 amide bonds. The highest BCUT2D eigenvalue weighted by Crippen LogP contribution is 2.91. The highest BCUT2D eigenvalue weighted by molar-refractivity contribution is 8.28. The van der Waals surface area contributed by atoms with Gasteiger partial charge >= 0.3 is 12.1 Å². The predicted molar refractivity (Wildman–Crippen MR) is 84.5 cm³/mol. The molecule has 116 valence electrons. The highest BCUT2D eigenvalue weighted by atomic mass is 35.7. The zero-order chi connectivity index (χ0) is 15.5. The summed E-state index contributed by atoms with van der Waals surface area (Å²) in [6, 6.07) is -0.223. The molecule has 0 saturated heterocycles. The van der Waals surface area contributed by atoms with E-state index in [4.69, 9.17) is 11.2 Å². The zero-order valence-corrected chi connectivity index (χ0v) is 15.3. The maximum absolute atomic E-state index is 12.5. The molecule has 7 nitrogen and oxygen atoms in total. The lowest BCUT2D eigenvalue weighted by atomic mass is 10.7. The van der Waals surface area contributed by atoms with E-state index in [-0.39, 0.29) is 12.1 Å². The van der Waals surface area contributed by atoms with Gasteiger partial charge in [0.2, 0.25) is 6.20 Å². The summed E-state index contributed by atoms with van der Waals surface area (Å²) in [5, 5.41) is 0. The third-order valence-electron chi connectivity index (χ3n) is 4.13. The van der Waals surface area contributed by atoms with Crippen molar-refractivity contribution in [1.29, 1.82) is 0 Å². The summed E-state index contributed by atoms with van der Waals surface area (Å²) in [7, 11) is 4.52. The highest BCUT2D eigenvalue weighted by Gasteiger charge is 2.63. The molecule has 2 aliphatic heterocycles. The number of rotatable bonds is 3. The average Bonchev–Trinajstić information content (AvgIpc) is 2.69. The molecule has 0 fully saturated rings. The Hall–Kier alpha value is -0.350. The van der Waals surface area contributed by atoms with Crippen LogP contribution in [0.1, 0.15) is 13.8 Å². The van der Waals surface area contributed by atoms with Gasteiger partial charge in [-0.1, -0.05) is 13.8 Å². The van der Waals surface area contributed by atoms with Gasteiger partial charge in [0.1, 0.15) is 0 Å². The Labute approximate surface area is 125 Å². The minimum Gasteiger partial charge on any atom is -0.276 e. The topological polar surface area (TPSA) is 50.3 Å². The molecule has 0 bridgehead atoms. The molecule has 0 spiro atoms. The quantitative estimate of drug-likeness (QED) is 0.741. The molecule has 20 heavy (non-hydrogen) atoms. The van der Waals surface area contributed by atoms with E-state index in [0.717, 1.165) is 13.1 Å². The first-order valence-electron chi connectivity index (χ1n) is 6.51. The molecule has 2 aliphatic rings. The smallest absolute Gasteiger partial charge is 0.276 e. The van der Waals surface area contributed by atoms with Gasteiger partial charge in [0.15, 0.2) is 7.00 Å². The Kier molecular flexibility index (Phi) is 3.88. The SMILES string of the molecule is CCN(CC)P12=P(Cl)(N(C)C(=O)N1C)N(C)C(=O)N2C. The fraction of sp³-hybridized carbons (Fsp3) is 0.800. The van der Waals surface area contributed by atoms with Gasteiger partial charge in [0.25, 0.3) is 0 Å². The van der Waals surface area contributed by atoms with Crippen molar-refractivity contribution in [2.45, 2.75) is 13.8 Å². The van der Waals surface area contributed by atoms with Gasteiger partial charge in [0.05, 0.1) is 0 Å². The van der Waals surface area contributed by atoms with Crippen LogP contribution in [0.5, 0.6) is 0 Å². The van der Waals surface area contributed by atoms with Gasteiger partial charge in [-0.05, 0) is 11.2 Å². The monoisotopic (exact) mass is 341 g/mol. The molecular formula is C10H22ClN5O2P2. The van der Waals surface area contributed by atoms with Crippen LogP contribution in [0.4, 0.5) is 9.59 Å². The van der Waals surface area contributed by atoms with Crippen LogP contribution in [-0.4, -0.2) is 76.7 Å². The lowest BCUT2D eigenvalue weighted by molar-refractivity contribution is 0.203. The second kappa shape index (κ2) is 4.84. The lowest BCUT2D eigenvalue weighted by Gasteiger charge is -2.41. The van der Waals surface area contributed by atoms with Crippen LogP contribution in [0, 0.1) is 0 Å². The summed E-state index contributed by atoms with van der Waals surface area (Å²) in [5.41, 5.74) is 0. The Balaban J connectivity index is 2.90. The average molecular weight is 342 g/mol. The van der Waals surface area contributed by atoms with Gasteiger partial charge in [-0.15, -0.1) is 0 Å². The van der Waals surface area contributed by atoms with E-state index in [2.05, 4.69) is 4.67 Å². The molecule has 0 radical (unpaired) electrons. The largest absolute Gasteiger partial charge is 0.330 e. The fourth-order valence-corrected chi connectivity index (χ4v) is 18.7. The Morgan fingerprint density at radius 2 is 1.25 bits per heavy atom. The molecule has 0 aromatic rings. The first kappa shape index (κ1) is 16.0. The summed E-state index contributed by atoms with van der Waals surface area (Å²) < 4.78 is 8.78. The summed E-state index contributed by atoms with van der Waals surface area (Å²) in [6.07, 6.45) is -2.58. The molecule has 0 aromatic heterocycles. The van der Waals surface area contributed by atoms with Crippen LogP contribution in [0.2, 0.25) is 0 Å². The summed E-state index contributed by atoms with van der Waals surface area (Å²) >= 11 is 7.00. The molecule has 2 heterocycles. The maximum Gasteiger partial charge on any atom is 0.330 e. The van der Waals surface area contributed by atoms with Crippen molar-refractivity contribution in [2.24, 2.45) is 0 Å². The van der Waals surface area contributed by atoms with Crippen LogP contribution in [0.3, 0.4) is 0 Å². The fourth-order valence-electron chi connectivity index (χ4n) is 3.11. The summed E-state index contributed by atoms with van der Waals surface area (Å²) in [5.74, 6) is 0. The Morgan fingerprint density at radius 3 is 1.55 bits per heavy atom.